The second-order valence-corrected chi connectivity index (χ2v) is 5.42. The summed E-state index contributed by atoms with van der Waals surface area (Å²) in [4.78, 5) is 4.87. The quantitative estimate of drug-likeness (QED) is 0.788. The Bertz CT molecular complexity index is 771. The van der Waals surface area contributed by atoms with Crippen molar-refractivity contribution in [3.63, 3.8) is 0 Å². The summed E-state index contributed by atoms with van der Waals surface area (Å²) in [5, 5.41) is 3.37. The molecule has 0 fully saturated rings. The minimum Gasteiger partial charge on any atom is -0.311 e. The monoisotopic (exact) mass is 279 g/mol. The van der Waals surface area contributed by atoms with Crippen molar-refractivity contribution in [1.82, 2.24) is 14.7 Å². The summed E-state index contributed by atoms with van der Waals surface area (Å²) in [6.45, 7) is 8.15. The first kappa shape index (κ1) is 13.8. The fourth-order valence-electron chi connectivity index (χ4n) is 2.56. The number of aromatic nitrogens is 2. The second kappa shape index (κ2) is 5.70. The molecule has 1 N–H and O–H groups in total. The third-order valence-corrected chi connectivity index (χ3v) is 3.93. The summed E-state index contributed by atoms with van der Waals surface area (Å²) in [7, 11) is 0. The lowest BCUT2D eigenvalue weighted by Crippen LogP contribution is -2.12. The number of pyridine rings is 1. The van der Waals surface area contributed by atoms with Crippen LogP contribution in [0.3, 0.4) is 0 Å². The molecule has 0 atom stereocenters. The van der Waals surface area contributed by atoms with E-state index >= 15 is 0 Å². The number of hydrogen-bond acceptors (Lipinski definition) is 2. The lowest BCUT2D eigenvalue weighted by molar-refractivity contribution is 0.718. The molecule has 2 heterocycles. The van der Waals surface area contributed by atoms with Gasteiger partial charge in [0.05, 0.1) is 11.2 Å². The Labute approximate surface area is 125 Å². The fourth-order valence-corrected chi connectivity index (χ4v) is 2.56. The maximum absolute atomic E-state index is 4.87. The van der Waals surface area contributed by atoms with E-state index in [1.54, 1.807) is 0 Å². The molecule has 0 aliphatic heterocycles. The summed E-state index contributed by atoms with van der Waals surface area (Å²) >= 11 is 0. The highest BCUT2D eigenvalue weighted by Crippen LogP contribution is 2.24. The summed E-state index contributed by atoms with van der Waals surface area (Å²) in [5.41, 5.74) is 6.06. The normalized spacial score (nSPS) is 11.2. The number of hydrogen-bond donors (Lipinski definition) is 1. The van der Waals surface area contributed by atoms with Crippen molar-refractivity contribution < 1.29 is 0 Å². The van der Waals surface area contributed by atoms with Crippen molar-refractivity contribution in [2.45, 2.75) is 27.3 Å². The maximum atomic E-state index is 4.87. The molecule has 21 heavy (non-hydrogen) atoms. The molecule has 0 bridgehead atoms. The van der Waals surface area contributed by atoms with Crippen LogP contribution in [0.15, 0.2) is 42.6 Å². The van der Waals surface area contributed by atoms with Crippen LogP contribution in [-0.2, 0) is 6.54 Å². The number of imidazole rings is 1. The van der Waals surface area contributed by atoms with Crippen molar-refractivity contribution in [2.24, 2.45) is 0 Å². The molecule has 0 spiro atoms. The number of fused-ring (bicyclic) bond motifs is 1. The first-order chi connectivity index (χ1) is 10.2. The van der Waals surface area contributed by atoms with Gasteiger partial charge in [-0.1, -0.05) is 25.1 Å². The highest BCUT2D eigenvalue weighted by molar-refractivity contribution is 5.66. The molecule has 3 heteroatoms. The van der Waals surface area contributed by atoms with Gasteiger partial charge in [-0.15, -0.1) is 0 Å². The second-order valence-electron chi connectivity index (χ2n) is 5.42. The van der Waals surface area contributed by atoms with Crippen LogP contribution in [0.25, 0.3) is 16.9 Å². The van der Waals surface area contributed by atoms with E-state index in [1.165, 1.54) is 22.2 Å². The van der Waals surface area contributed by atoms with Crippen LogP contribution in [0.5, 0.6) is 0 Å². The molecule has 0 aliphatic rings. The number of benzene rings is 1. The smallest absolute Gasteiger partial charge is 0.144 e. The predicted octanol–water partition coefficient (Wildman–Crippen LogP) is 3.73. The Morgan fingerprint density at radius 3 is 2.71 bits per heavy atom. The molecule has 1 aromatic carbocycles. The van der Waals surface area contributed by atoms with Crippen LogP contribution in [-0.4, -0.2) is 15.9 Å². The minimum atomic E-state index is 0.800. The zero-order chi connectivity index (χ0) is 14.8. The molecule has 2 aromatic heterocycles. The Morgan fingerprint density at radius 1 is 1.10 bits per heavy atom. The van der Waals surface area contributed by atoms with E-state index in [1.807, 2.05) is 0 Å². The van der Waals surface area contributed by atoms with Gasteiger partial charge in [0.25, 0.3) is 0 Å². The van der Waals surface area contributed by atoms with Crippen LogP contribution in [0.2, 0.25) is 0 Å². The molecule has 0 saturated heterocycles. The minimum absolute atomic E-state index is 0.800. The van der Waals surface area contributed by atoms with Gasteiger partial charge in [-0.2, -0.15) is 0 Å². The third-order valence-electron chi connectivity index (χ3n) is 3.93. The van der Waals surface area contributed by atoms with Crippen molar-refractivity contribution in [3.05, 3.63) is 59.4 Å². The van der Waals surface area contributed by atoms with Crippen LogP contribution in [0.4, 0.5) is 0 Å². The van der Waals surface area contributed by atoms with Gasteiger partial charge in [0.15, 0.2) is 0 Å². The zero-order valence-electron chi connectivity index (χ0n) is 12.9. The molecular weight excluding hydrogens is 258 g/mol. The van der Waals surface area contributed by atoms with Gasteiger partial charge in [-0.3, -0.25) is 4.40 Å². The Morgan fingerprint density at radius 2 is 1.95 bits per heavy atom. The topological polar surface area (TPSA) is 29.3 Å². The average Bonchev–Trinajstić information content (AvgIpc) is 2.87. The van der Waals surface area contributed by atoms with Gasteiger partial charge >= 0.3 is 0 Å². The average molecular weight is 279 g/mol. The summed E-state index contributed by atoms with van der Waals surface area (Å²) in [6, 6.07) is 12.8. The maximum Gasteiger partial charge on any atom is 0.144 e. The van der Waals surface area contributed by atoms with Gasteiger partial charge in [-0.25, -0.2) is 4.98 Å². The molecule has 3 rings (SSSR count). The van der Waals surface area contributed by atoms with E-state index in [-0.39, 0.29) is 0 Å². The van der Waals surface area contributed by atoms with Gasteiger partial charge < -0.3 is 5.32 Å². The first-order valence-corrected chi connectivity index (χ1v) is 7.45. The van der Waals surface area contributed by atoms with Crippen LogP contribution in [0, 0.1) is 13.8 Å². The molecule has 108 valence electrons. The zero-order valence-corrected chi connectivity index (χ0v) is 12.9. The van der Waals surface area contributed by atoms with E-state index in [9.17, 15) is 0 Å². The van der Waals surface area contributed by atoms with E-state index in [4.69, 9.17) is 4.98 Å². The number of nitrogens with zero attached hydrogens (tertiary/aromatic N) is 2. The van der Waals surface area contributed by atoms with Gasteiger partial charge in [-0.05, 0) is 49.7 Å². The molecule has 3 aromatic rings. The Kier molecular flexibility index (Phi) is 3.76. The van der Waals surface area contributed by atoms with E-state index < -0.39 is 0 Å². The molecular formula is C18H21N3. The lowest BCUT2D eigenvalue weighted by atomic mass is 10.1. The van der Waals surface area contributed by atoms with E-state index in [0.717, 1.165) is 24.6 Å². The summed E-state index contributed by atoms with van der Waals surface area (Å²) in [6.07, 6.45) is 2.09. The summed E-state index contributed by atoms with van der Waals surface area (Å²) in [5.74, 6) is 1.02. The van der Waals surface area contributed by atoms with Crippen LogP contribution < -0.4 is 5.32 Å². The van der Waals surface area contributed by atoms with Gasteiger partial charge in [0.2, 0.25) is 0 Å². The largest absolute Gasteiger partial charge is 0.311 e. The Hall–Kier alpha value is -2.13. The first-order valence-electron chi connectivity index (χ1n) is 7.45. The lowest BCUT2D eigenvalue weighted by Gasteiger charge is -2.04. The number of nitrogens with one attached hydrogen (secondary N) is 1. The Balaban J connectivity index is 2.15. The van der Waals surface area contributed by atoms with Crippen molar-refractivity contribution in [3.8, 4) is 11.4 Å². The van der Waals surface area contributed by atoms with E-state index in [0.29, 0.717) is 0 Å². The molecule has 0 radical (unpaired) electrons. The number of aryl methyl sites for hydroxylation is 2. The molecule has 3 nitrogen and oxygen atoms in total. The van der Waals surface area contributed by atoms with E-state index in [2.05, 4.69) is 73.1 Å². The highest BCUT2D eigenvalue weighted by Gasteiger charge is 2.12. The molecule has 0 saturated carbocycles. The number of rotatable bonds is 4. The molecule has 0 amide bonds. The summed E-state index contributed by atoms with van der Waals surface area (Å²) < 4.78 is 2.18. The predicted molar refractivity (Wildman–Crippen MR) is 87.5 cm³/mol. The highest BCUT2D eigenvalue weighted by atomic mass is 15.0. The molecule has 0 unspecified atom stereocenters. The third kappa shape index (κ3) is 2.57. The van der Waals surface area contributed by atoms with Gasteiger partial charge in [0, 0.05) is 18.3 Å². The van der Waals surface area contributed by atoms with Gasteiger partial charge in [0.1, 0.15) is 5.82 Å². The van der Waals surface area contributed by atoms with Crippen molar-refractivity contribution in [1.29, 1.82) is 0 Å². The SMILES string of the molecule is CCNCc1nc(-c2ccc(C)c(C)c2)n2ccccc12. The molecule has 0 aliphatic carbocycles. The van der Waals surface area contributed by atoms with Crippen molar-refractivity contribution >= 4 is 5.52 Å². The standard InChI is InChI=1S/C18H21N3/c1-4-19-12-16-17-7-5-6-10-21(17)18(20-16)15-9-8-13(2)14(3)11-15/h5-11,19H,4,12H2,1-3H3. The van der Waals surface area contributed by atoms with Crippen molar-refractivity contribution in [2.75, 3.05) is 6.54 Å². The van der Waals surface area contributed by atoms with Crippen LogP contribution in [0.1, 0.15) is 23.7 Å². The van der Waals surface area contributed by atoms with Crippen LogP contribution >= 0.6 is 0 Å². The fraction of sp³-hybridized carbons (Fsp3) is 0.278.